The monoisotopic (exact) mass is 746 g/mol. The van der Waals surface area contributed by atoms with Crippen molar-refractivity contribution in [3.63, 3.8) is 0 Å². The molecule has 0 atom stereocenters. The van der Waals surface area contributed by atoms with Crippen LogP contribution in [0, 0.1) is 28.1 Å². The molecule has 6 heterocycles. The number of likely N-dealkylation sites (tertiary alicyclic amines) is 1. The fourth-order valence-corrected chi connectivity index (χ4v) is 10.5. The summed E-state index contributed by atoms with van der Waals surface area (Å²) in [5.74, 6) is 1.65. The Morgan fingerprint density at radius 2 is 1.60 bits per heavy atom. The minimum absolute atomic E-state index is 0.0330. The van der Waals surface area contributed by atoms with Crippen LogP contribution < -0.4 is 15.1 Å². The molecule has 290 valence electrons. The third-order valence-corrected chi connectivity index (χ3v) is 13.0. The average Bonchev–Trinajstić information content (AvgIpc) is 3.57. The van der Waals surface area contributed by atoms with Gasteiger partial charge in [0.25, 0.3) is 5.91 Å². The maximum absolute atomic E-state index is 13.8. The van der Waals surface area contributed by atoms with Gasteiger partial charge in [0.1, 0.15) is 0 Å². The summed E-state index contributed by atoms with van der Waals surface area (Å²) in [6.07, 6.45) is 10.1. The largest absolute Gasteiger partial charge is 0.348 e. The molecule has 3 amide bonds. The normalized spacial score (nSPS) is 21.3. The second-order valence-corrected chi connectivity index (χ2v) is 17.7. The Balaban J connectivity index is 0.888. The van der Waals surface area contributed by atoms with Crippen molar-refractivity contribution in [1.82, 2.24) is 34.9 Å². The first-order chi connectivity index (χ1) is 26.3. The summed E-state index contributed by atoms with van der Waals surface area (Å²) in [6, 6.07) is 8.47. The molecule has 8 rings (SSSR count). The average molecular weight is 747 g/mol. The molecule has 2 saturated heterocycles. The van der Waals surface area contributed by atoms with E-state index in [1.807, 2.05) is 28.0 Å². The van der Waals surface area contributed by atoms with Crippen molar-refractivity contribution in [3.8, 4) is 6.07 Å². The third-order valence-electron chi connectivity index (χ3n) is 13.0. The van der Waals surface area contributed by atoms with Crippen molar-refractivity contribution in [2.24, 2.45) is 16.7 Å². The van der Waals surface area contributed by atoms with E-state index in [-0.39, 0.29) is 46.6 Å². The van der Waals surface area contributed by atoms with Crippen LogP contribution in [0.5, 0.6) is 0 Å². The molecule has 0 unspecified atom stereocenters. The van der Waals surface area contributed by atoms with E-state index in [9.17, 15) is 19.6 Å². The molecule has 13 nitrogen and oxygen atoms in total. The predicted molar refractivity (Wildman–Crippen MR) is 209 cm³/mol. The van der Waals surface area contributed by atoms with Gasteiger partial charge in [0.15, 0.2) is 5.82 Å². The molecule has 0 bridgehead atoms. The Morgan fingerprint density at radius 3 is 2.25 bits per heavy atom. The van der Waals surface area contributed by atoms with Crippen molar-refractivity contribution in [2.45, 2.75) is 105 Å². The summed E-state index contributed by atoms with van der Waals surface area (Å²) >= 11 is 0. The van der Waals surface area contributed by atoms with Crippen LogP contribution in [0.15, 0.2) is 30.6 Å². The van der Waals surface area contributed by atoms with Gasteiger partial charge in [0.2, 0.25) is 17.8 Å². The van der Waals surface area contributed by atoms with Gasteiger partial charge in [-0.25, -0.2) is 9.97 Å². The number of hydrogen-bond donors (Lipinski definition) is 1. The number of rotatable bonds is 6. The highest BCUT2D eigenvalue weighted by molar-refractivity contribution is 5.94. The molecule has 1 N–H and O–H groups in total. The Labute approximate surface area is 324 Å². The Hall–Kier alpha value is -4.99. The molecule has 4 aliphatic heterocycles. The van der Waals surface area contributed by atoms with Crippen LogP contribution in [0.3, 0.4) is 0 Å². The predicted octanol–water partition coefficient (Wildman–Crippen LogP) is 5.17. The lowest BCUT2D eigenvalue weighted by Gasteiger charge is -2.57. The summed E-state index contributed by atoms with van der Waals surface area (Å²) in [4.78, 5) is 56.8. The van der Waals surface area contributed by atoms with Gasteiger partial charge >= 0.3 is 0 Å². The van der Waals surface area contributed by atoms with Crippen molar-refractivity contribution in [3.05, 3.63) is 58.5 Å². The van der Waals surface area contributed by atoms with Gasteiger partial charge in [-0.05, 0) is 79.5 Å². The third kappa shape index (κ3) is 6.93. The first-order valence-electron chi connectivity index (χ1n) is 20.2. The zero-order valence-corrected chi connectivity index (χ0v) is 33.0. The summed E-state index contributed by atoms with van der Waals surface area (Å²) < 4.78 is 2.23. The second kappa shape index (κ2) is 14.3. The topological polar surface area (TPSA) is 144 Å². The number of nitrogens with one attached hydrogen (secondary N) is 1. The van der Waals surface area contributed by atoms with E-state index in [2.05, 4.69) is 63.5 Å². The number of fused-ring (bicyclic) bond motifs is 2. The van der Waals surface area contributed by atoms with Crippen LogP contribution in [-0.4, -0.2) is 92.6 Å². The maximum Gasteiger partial charge on any atom is 0.254 e. The fraction of sp³-hybridized carbons (Fsp3) is 0.595. The minimum Gasteiger partial charge on any atom is -0.348 e. The molecule has 5 aliphatic rings. The summed E-state index contributed by atoms with van der Waals surface area (Å²) in [6.45, 7) is 15.2. The highest BCUT2D eigenvalue weighted by Crippen LogP contribution is 2.53. The molecular weight excluding hydrogens is 693 g/mol. The number of nitriles is 1. The molecule has 0 radical (unpaired) electrons. The zero-order valence-electron chi connectivity index (χ0n) is 33.0. The standard InChI is InChI=1S/C42H54N10O3/c1-27(53)50-20-14-35-33(25-50)36(51-15-6-7-30-21-28(22-43)8-9-34(30)51)47-52(35)32-12-18-48(19-13-32)38(55)29-10-16-49(17-11-29)40-44-23-31(24-45-40)37(54)46-39-41(2,3)26-42(39,4)5/h8-9,21,23-24,29,32,39H,6-7,10-20,25-26H2,1-5H3,(H,46,54). The maximum atomic E-state index is 13.8. The van der Waals surface area contributed by atoms with Gasteiger partial charge in [0, 0.05) is 93.9 Å². The Morgan fingerprint density at radius 1 is 0.891 bits per heavy atom. The smallest absolute Gasteiger partial charge is 0.254 e. The van der Waals surface area contributed by atoms with Crippen molar-refractivity contribution in [1.29, 1.82) is 5.26 Å². The number of nitrogens with zero attached hydrogens (tertiary/aromatic N) is 9. The number of piperidine rings is 2. The van der Waals surface area contributed by atoms with Gasteiger partial charge in [0.05, 0.1) is 29.8 Å². The zero-order chi connectivity index (χ0) is 38.6. The van der Waals surface area contributed by atoms with Crippen LogP contribution in [-0.2, 0) is 29.0 Å². The second-order valence-electron chi connectivity index (χ2n) is 17.7. The van der Waals surface area contributed by atoms with Crippen LogP contribution in [0.25, 0.3) is 0 Å². The number of carbonyl (C=O) groups excluding carboxylic acids is 3. The van der Waals surface area contributed by atoms with E-state index in [0.29, 0.717) is 56.3 Å². The highest BCUT2D eigenvalue weighted by Gasteiger charge is 2.53. The van der Waals surface area contributed by atoms with Crippen LogP contribution >= 0.6 is 0 Å². The van der Waals surface area contributed by atoms with E-state index in [0.717, 1.165) is 80.5 Å². The van der Waals surface area contributed by atoms with Gasteiger partial charge in [-0.1, -0.05) is 27.7 Å². The lowest BCUT2D eigenvalue weighted by atomic mass is 9.52. The molecule has 3 aromatic rings. The lowest BCUT2D eigenvalue weighted by Crippen LogP contribution is -2.63. The molecule has 0 spiro atoms. The number of anilines is 3. The highest BCUT2D eigenvalue weighted by atomic mass is 16.2. The number of amides is 3. The summed E-state index contributed by atoms with van der Waals surface area (Å²) in [5, 5.41) is 18.0. The summed E-state index contributed by atoms with van der Waals surface area (Å²) in [5.41, 5.74) is 5.83. The number of aromatic nitrogens is 4. The Kier molecular flexibility index (Phi) is 9.58. The SMILES string of the molecule is CC(=O)N1CCc2c(c(N3CCCc4cc(C#N)ccc43)nn2C2CCN(C(=O)C3CCN(c4ncc(C(=O)NC5C(C)(C)CC5(C)C)cn4)CC3)CC2)C1. The minimum atomic E-state index is -0.137. The molecule has 55 heavy (non-hydrogen) atoms. The number of carbonyl (C=O) groups is 3. The van der Waals surface area contributed by atoms with Crippen LogP contribution in [0.4, 0.5) is 17.5 Å². The van der Waals surface area contributed by atoms with Gasteiger partial charge in [-0.2, -0.15) is 10.4 Å². The summed E-state index contributed by atoms with van der Waals surface area (Å²) in [7, 11) is 0. The van der Waals surface area contributed by atoms with Crippen molar-refractivity contribution < 1.29 is 14.4 Å². The lowest BCUT2D eigenvalue weighted by molar-refractivity contribution is -0.137. The Bertz CT molecular complexity index is 2000. The van der Waals surface area contributed by atoms with E-state index in [1.54, 1.807) is 19.3 Å². The van der Waals surface area contributed by atoms with Crippen molar-refractivity contribution >= 4 is 35.2 Å². The number of aryl methyl sites for hydroxylation is 1. The molecule has 13 heteroatoms. The molecule has 1 aromatic carbocycles. The number of benzene rings is 1. The van der Waals surface area contributed by atoms with Gasteiger partial charge in [-0.15, -0.1) is 0 Å². The van der Waals surface area contributed by atoms with E-state index in [4.69, 9.17) is 5.10 Å². The molecule has 1 saturated carbocycles. The van der Waals surface area contributed by atoms with E-state index >= 15 is 0 Å². The molecular formula is C42H54N10O3. The quantitative estimate of drug-likeness (QED) is 0.362. The number of hydrogen-bond acceptors (Lipinski definition) is 9. The van der Waals surface area contributed by atoms with Gasteiger partial charge < -0.3 is 24.9 Å². The first-order valence-corrected chi connectivity index (χ1v) is 20.2. The molecule has 2 aromatic heterocycles. The van der Waals surface area contributed by atoms with E-state index < -0.39 is 0 Å². The van der Waals surface area contributed by atoms with Gasteiger partial charge in [-0.3, -0.25) is 19.1 Å². The fourth-order valence-electron chi connectivity index (χ4n) is 10.5. The van der Waals surface area contributed by atoms with E-state index in [1.165, 1.54) is 5.69 Å². The first kappa shape index (κ1) is 37.0. The van der Waals surface area contributed by atoms with Crippen LogP contribution in [0.1, 0.15) is 112 Å². The van der Waals surface area contributed by atoms with Crippen LogP contribution in [0.2, 0.25) is 0 Å². The molecule has 3 fully saturated rings. The van der Waals surface area contributed by atoms with Crippen molar-refractivity contribution in [2.75, 3.05) is 49.1 Å². The molecule has 1 aliphatic carbocycles.